The predicted octanol–water partition coefficient (Wildman–Crippen LogP) is 3.04. The first kappa shape index (κ1) is 13.3. The second-order valence-electron chi connectivity index (χ2n) is 4.45. The van der Waals surface area contributed by atoms with Gasteiger partial charge in [-0.1, -0.05) is 18.5 Å². The zero-order chi connectivity index (χ0) is 13.7. The monoisotopic (exact) mass is 261 g/mol. The summed E-state index contributed by atoms with van der Waals surface area (Å²) in [6, 6.07) is 3.69. The fraction of sp³-hybridized carbons (Fsp3) is 0.462. The molecule has 0 saturated heterocycles. The molecule has 2 aromatic heterocycles. The lowest BCUT2D eigenvalue weighted by atomic mass is 10.3. The Morgan fingerprint density at radius 2 is 2.00 bits per heavy atom. The van der Waals surface area contributed by atoms with Crippen LogP contribution in [0.5, 0.6) is 0 Å². The van der Waals surface area contributed by atoms with E-state index in [1.165, 1.54) is 0 Å². The Bertz CT molecular complexity index is 538. The van der Waals surface area contributed by atoms with Gasteiger partial charge in [-0.15, -0.1) is 0 Å². The summed E-state index contributed by atoms with van der Waals surface area (Å²) in [5.74, 6) is 2.75. The molecule has 2 rings (SSSR count). The van der Waals surface area contributed by atoms with E-state index in [1.54, 1.807) is 0 Å². The molecule has 0 aliphatic heterocycles. The summed E-state index contributed by atoms with van der Waals surface area (Å²) >= 11 is 0. The maximum Gasteiger partial charge on any atom is 0.224 e. The Kier molecular flexibility index (Phi) is 4.33. The first-order valence-electron chi connectivity index (χ1n) is 6.47. The fourth-order valence-corrected chi connectivity index (χ4v) is 1.65. The van der Waals surface area contributed by atoms with Crippen molar-refractivity contribution in [2.45, 2.75) is 33.6 Å². The van der Waals surface area contributed by atoms with Crippen molar-refractivity contribution in [3.63, 3.8) is 0 Å². The van der Waals surface area contributed by atoms with Gasteiger partial charge >= 0.3 is 0 Å². The lowest BCUT2D eigenvalue weighted by Gasteiger charge is -2.07. The van der Waals surface area contributed by atoms with Gasteiger partial charge in [0, 0.05) is 24.4 Å². The van der Waals surface area contributed by atoms with Crippen LogP contribution >= 0.6 is 0 Å². The van der Waals surface area contributed by atoms with E-state index < -0.39 is 0 Å². The maximum atomic E-state index is 5.01. The van der Waals surface area contributed by atoms with Gasteiger partial charge in [0.15, 0.2) is 5.82 Å². The highest BCUT2D eigenvalue weighted by Crippen LogP contribution is 2.16. The van der Waals surface area contributed by atoms with Crippen LogP contribution in [0.1, 0.15) is 31.2 Å². The molecule has 0 atom stereocenters. The van der Waals surface area contributed by atoms with Crippen molar-refractivity contribution in [1.29, 1.82) is 0 Å². The van der Waals surface area contributed by atoms with Gasteiger partial charge in [0.1, 0.15) is 11.6 Å². The molecule has 0 amide bonds. The van der Waals surface area contributed by atoms with Crippen molar-refractivity contribution in [3.05, 3.63) is 23.6 Å². The Hall–Kier alpha value is -2.11. The molecule has 2 aromatic rings. The Balaban J connectivity index is 2.07. The van der Waals surface area contributed by atoms with Crippen LogP contribution in [0.4, 0.5) is 17.6 Å². The molecule has 0 radical (unpaired) electrons. The molecule has 2 heterocycles. The summed E-state index contributed by atoms with van der Waals surface area (Å²) in [7, 11) is 0. The van der Waals surface area contributed by atoms with Crippen molar-refractivity contribution in [3.8, 4) is 0 Å². The normalized spacial score (nSPS) is 10.5. The zero-order valence-electron chi connectivity index (χ0n) is 11.5. The first-order chi connectivity index (χ1) is 9.17. The minimum Gasteiger partial charge on any atom is -0.360 e. The van der Waals surface area contributed by atoms with E-state index >= 15 is 0 Å². The quantitative estimate of drug-likeness (QED) is 0.778. The minimum atomic E-state index is 0.635. The van der Waals surface area contributed by atoms with E-state index in [0.717, 1.165) is 30.8 Å². The van der Waals surface area contributed by atoms with Gasteiger partial charge in [0.2, 0.25) is 5.95 Å². The molecular formula is C13H19N5O. The maximum absolute atomic E-state index is 5.01. The SMILES string of the molecule is CCCCNc1nc(C)cc(Nc2cc(C)on2)n1. The largest absolute Gasteiger partial charge is 0.360 e. The molecule has 0 saturated carbocycles. The second kappa shape index (κ2) is 6.17. The van der Waals surface area contributed by atoms with Crippen molar-refractivity contribution in [1.82, 2.24) is 15.1 Å². The van der Waals surface area contributed by atoms with Gasteiger partial charge in [0.05, 0.1) is 0 Å². The van der Waals surface area contributed by atoms with Gasteiger partial charge in [0.25, 0.3) is 0 Å². The van der Waals surface area contributed by atoms with Crippen LogP contribution in [0.3, 0.4) is 0 Å². The summed E-state index contributed by atoms with van der Waals surface area (Å²) in [5.41, 5.74) is 0.900. The number of aromatic nitrogens is 3. The second-order valence-corrected chi connectivity index (χ2v) is 4.45. The highest BCUT2D eigenvalue weighted by Gasteiger charge is 2.05. The number of rotatable bonds is 6. The number of anilines is 3. The van der Waals surface area contributed by atoms with E-state index in [0.29, 0.717) is 17.6 Å². The minimum absolute atomic E-state index is 0.635. The van der Waals surface area contributed by atoms with Gasteiger partial charge in [-0.25, -0.2) is 4.98 Å². The molecule has 0 aliphatic carbocycles. The number of hydrogen-bond acceptors (Lipinski definition) is 6. The molecule has 0 aromatic carbocycles. The number of nitrogens with one attached hydrogen (secondary N) is 2. The number of hydrogen-bond donors (Lipinski definition) is 2. The molecule has 6 nitrogen and oxygen atoms in total. The molecule has 19 heavy (non-hydrogen) atoms. The summed E-state index contributed by atoms with van der Waals surface area (Å²) in [5, 5.41) is 10.2. The molecule has 102 valence electrons. The molecule has 0 unspecified atom stereocenters. The lowest BCUT2D eigenvalue weighted by Crippen LogP contribution is -2.07. The number of unbranched alkanes of at least 4 members (excludes halogenated alkanes) is 1. The highest BCUT2D eigenvalue weighted by atomic mass is 16.5. The lowest BCUT2D eigenvalue weighted by molar-refractivity contribution is 0.400. The Morgan fingerprint density at radius 3 is 2.68 bits per heavy atom. The number of aryl methyl sites for hydroxylation is 2. The number of nitrogens with zero attached hydrogens (tertiary/aromatic N) is 3. The summed E-state index contributed by atoms with van der Waals surface area (Å²) in [4.78, 5) is 8.74. The van der Waals surface area contributed by atoms with Gasteiger partial charge in [-0.05, 0) is 20.3 Å². The van der Waals surface area contributed by atoms with Crippen LogP contribution in [-0.4, -0.2) is 21.7 Å². The third-order valence-electron chi connectivity index (χ3n) is 2.55. The topological polar surface area (TPSA) is 75.9 Å². The average molecular weight is 261 g/mol. The van der Waals surface area contributed by atoms with Gasteiger partial charge in [-0.2, -0.15) is 4.98 Å². The summed E-state index contributed by atoms with van der Waals surface area (Å²) < 4.78 is 5.01. The van der Waals surface area contributed by atoms with E-state index in [4.69, 9.17) is 4.52 Å². The van der Waals surface area contributed by atoms with Crippen molar-refractivity contribution < 1.29 is 4.52 Å². The van der Waals surface area contributed by atoms with E-state index in [-0.39, 0.29) is 0 Å². The Labute approximate surface area is 112 Å². The van der Waals surface area contributed by atoms with Gasteiger partial charge < -0.3 is 15.2 Å². The van der Waals surface area contributed by atoms with Crippen molar-refractivity contribution in [2.75, 3.05) is 17.2 Å². The molecular weight excluding hydrogens is 242 g/mol. The molecule has 2 N–H and O–H groups in total. The smallest absolute Gasteiger partial charge is 0.224 e. The van der Waals surface area contributed by atoms with E-state index in [9.17, 15) is 0 Å². The molecule has 0 aliphatic rings. The van der Waals surface area contributed by atoms with Crippen LogP contribution in [0.25, 0.3) is 0 Å². The van der Waals surface area contributed by atoms with Crippen LogP contribution in [0, 0.1) is 13.8 Å². The standard InChI is InChI=1S/C13H19N5O/c1-4-5-6-14-13-15-9(2)7-11(17-13)16-12-8-10(3)19-18-12/h7-8H,4-6H2,1-3H3,(H2,14,15,16,17,18). The molecule has 6 heteroatoms. The third-order valence-corrected chi connectivity index (χ3v) is 2.55. The van der Waals surface area contributed by atoms with Crippen molar-refractivity contribution in [2.24, 2.45) is 0 Å². The van der Waals surface area contributed by atoms with Crippen LogP contribution in [-0.2, 0) is 0 Å². The molecule has 0 spiro atoms. The zero-order valence-corrected chi connectivity index (χ0v) is 11.5. The van der Waals surface area contributed by atoms with Crippen LogP contribution in [0.2, 0.25) is 0 Å². The van der Waals surface area contributed by atoms with Crippen molar-refractivity contribution >= 4 is 17.6 Å². The molecule has 0 fully saturated rings. The third kappa shape index (κ3) is 3.94. The van der Waals surface area contributed by atoms with E-state index in [1.807, 2.05) is 26.0 Å². The average Bonchev–Trinajstić information content (AvgIpc) is 2.74. The first-order valence-corrected chi connectivity index (χ1v) is 6.47. The molecule has 0 bridgehead atoms. The fourth-order valence-electron chi connectivity index (χ4n) is 1.65. The Morgan fingerprint density at radius 1 is 1.16 bits per heavy atom. The predicted molar refractivity (Wildman–Crippen MR) is 74.7 cm³/mol. The summed E-state index contributed by atoms with van der Waals surface area (Å²) in [6.07, 6.45) is 2.24. The van der Waals surface area contributed by atoms with Crippen LogP contribution in [0.15, 0.2) is 16.7 Å². The van der Waals surface area contributed by atoms with E-state index in [2.05, 4.69) is 32.7 Å². The summed E-state index contributed by atoms with van der Waals surface area (Å²) in [6.45, 7) is 6.81. The van der Waals surface area contributed by atoms with Gasteiger partial charge in [-0.3, -0.25) is 0 Å². The van der Waals surface area contributed by atoms with Crippen LogP contribution < -0.4 is 10.6 Å². The highest BCUT2D eigenvalue weighted by molar-refractivity contribution is 5.53.